The molecule has 0 radical (unpaired) electrons. The van der Waals surface area contributed by atoms with E-state index < -0.39 is 17.6 Å². The summed E-state index contributed by atoms with van der Waals surface area (Å²) in [5.41, 5.74) is 3.33. The summed E-state index contributed by atoms with van der Waals surface area (Å²) in [5.74, 6) is 1.13. The van der Waals surface area contributed by atoms with Gasteiger partial charge in [0.1, 0.15) is 17.9 Å². The van der Waals surface area contributed by atoms with Gasteiger partial charge in [0.25, 0.3) is 5.91 Å². The second-order valence-corrected chi connectivity index (χ2v) is 12.0. The van der Waals surface area contributed by atoms with Gasteiger partial charge in [-0.25, -0.2) is 0 Å². The Bertz CT molecular complexity index is 1750. The molecule has 11 heteroatoms. The molecule has 3 aromatic carbocycles. The van der Waals surface area contributed by atoms with Crippen LogP contribution in [0.4, 0.5) is 18.9 Å². The first kappa shape index (κ1) is 28.5. The normalized spacial score (nSPS) is 17.8. The maximum absolute atomic E-state index is 14.4. The summed E-state index contributed by atoms with van der Waals surface area (Å²) in [5, 5.41) is 8.21. The van der Waals surface area contributed by atoms with Crippen molar-refractivity contribution in [2.24, 2.45) is 7.05 Å². The van der Waals surface area contributed by atoms with Gasteiger partial charge in [0.2, 0.25) is 0 Å². The molecule has 1 saturated heterocycles. The van der Waals surface area contributed by atoms with Crippen molar-refractivity contribution in [2.45, 2.75) is 44.1 Å². The first-order chi connectivity index (χ1) is 21.1. The van der Waals surface area contributed by atoms with Crippen molar-refractivity contribution in [1.82, 2.24) is 19.7 Å². The number of alkyl halides is 3. The van der Waals surface area contributed by atoms with E-state index >= 15 is 0 Å². The molecular formula is C33H32F3N5O3. The highest BCUT2D eigenvalue weighted by Crippen LogP contribution is 2.42. The number of anilines is 1. The van der Waals surface area contributed by atoms with Crippen molar-refractivity contribution in [3.8, 4) is 5.75 Å². The van der Waals surface area contributed by atoms with Gasteiger partial charge in [0, 0.05) is 49.8 Å². The van der Waals surface area contributed by atoms with Crippen LogP contribution in [0.25, 0.3) is 0 Å². The maximum Gasteiger partial charge on any atom is 0.416 e. The van der Waals surface area contributed by atoms with Crippen LogP contribution in [0.15, 0.2) is 60.9 Å². The quantitative estimate of drug-likeness (QED) is 0.294. The molecule has 3 aliphatic heterocycles. The minimum atomic E-state index is -4.59. The van der Waals surface area contributed by atoms with Crippen LogP contribution < -0.4 is 9.64 Å². The predicted molar refractivity (Wildman–Crippen MR) is 156 cm³/mol. The van der Waals surface area contributed by atoms with Gasteiger partial charge in [0.15, 0.2) is 0 Å². The van der Waals surface area contributed by atoms with Gasteiger partial charge in [-0.1, -0.05) is 18.2 Å². The molecule has 1 aromatic heterocycles. The molecule has 7 rings (SSSR count). The number of aromatic nitrogens is 3. The number of hydrogen-bond acceptors (Lipinski definition) is 6. The highest BCUT2D eigenvalue weighted by molar-refractivity contribution is 6.10. The minimum Gasteiger partial charge on any atom is -0.497 e. The van der Waals surface area contributed by atoms with E-state index in [1.54, 1.807) is 25.6 Å². The van der Waals surface area contributed by atoms with E-state index in [1.807, 2.05) is 48.0 Å². The molecule has 44 heavy (non-hydrogen) atoms. The van der Waals surface area contributed by atoms with Crippen LogP contribution in [-0.2, 0) is 55.9 Å². The number of aryl methyl sites for hydroxylation is 1. The fourth-order valence-electron chi connectivity index (χ4n) is 6.63. The SMILES string of the molecule is COc1ccc2c(c1)CN(Cc1cc3c(c(C(F)(F)F)c1)CN(c1cccc(C4(Cc5nncn5C)COC4)c1)C3=O)CC2. The number of benzene rings is 3. The fraction of sp³-hybridized carbons (Fsp3) is 0.364. The van der Waals surface area contributed by atoms with E-state index in [0.717, 1.165) is 29.1 Å². The maximum atomic E-state index is 14.4. The van der Waals surface area contributed by atoms with Gasteiger partial charge in [-0.05, 0) is 70.6 Å². The fourth-order valence-corrected chi connectivity index (χ4v) is 6.63. The zero-order chi connectivity index (χ0) is 30.6. The number of hydrogen-bond donors (Lipinski definition) is 0. The Hall–Kier alpha value is -4.22. The van der Waals surface area contributed by atoms with Crippen LogP contribution in [0.1, 0.15) is 49.6 Å². The summed E-state index contributed by atoms with van der Waals surface area (Å²) in [6, 6.07) is 16.3. The lowest BCUT2D eigenvalue weighted by Crippen LogP contribution is -2.49. The zero-order valence-corrected chi connectivity index (χ0v) is 24.5. The number of ether oxygens (including phenoxy) is 2. The molecular weight excluding hydrogens is 571 g/mol. The molecule has 0 saturated carbocycles. The van der Waals surface area contributed by atoms with Gasteiger partial charge in [-0.2, -0.15) is 13.2 Å². The largest absolute Gasteiger partial charge is 0.497 e. The Kier molecular flexibility index (Phi) is 6.97. The van der Waals surface area contributed by atoms with Crippen LogP contribution in [0.3, 0.4) is 0 Å². The summed E-state index contributed by atoms with van der Waals surface area (Å²) in [6.07, 6.45) is -1.56. The van der Waals surface area contributed by atoms with Crippen molar-refractivity contribution < 1.29 is 27.4 Å². The lowest BCUT2D eigenvalue weighted by molar-refractivity contribution is -0.138. The molecule has 0 N–H and O–H groups in total. The number of nitrogens with zero attached hydrogens (tertiary/aromatic N) is 5. The van der Waals surface area contributed by atoms with E-state index in [0.29, 0.717) is 50.5 Å². The van der Waals surface area contributed by atoms with E-state index in [9.17, 15) is 18.0 Å². The second-order valence-electron chi connectivity index (χ2n) is 12.0. The van der Waals surface area contributed by atoms with E-state index in [1.165, 1.54) is 16.5 Å². The van der Waals surface area contributed by atoms with E-state index in [4.69, 9.17) is 9.47 Å². The average molecular weight is 604 g/mol. The number of amides is 1. The lowest BCUT2D eigenvalue weighted by atomic mass is 9.75. The Balaban J connectivity index is 1.17. The standard InChI is InChI=1S/C33H32F3N5O3/c1-39-20-37-38-30(39)14-32(18-44-19-32)24-4-3-5-25(13-24)41-17-28-27(31(41)42)10-21(11-29(28)33(34,35)36)15-40-9-8-22-6-7-26(43-2)12-23(22)16-40/h3-7,10-13,20H,8-9,14-19H2,1-2H3. The molecule has 1 amide bonds. The molecule has 3 aliphatic rings. The Morgan fingerprint density at radius 3 is 2.59 bits per heavy atom. The molecule has 4 heterocycles. The van der Waals surface area contributed by atoms with Gasteiger partial charge in [0.05, 0.1) is 32.4 Å². The molecule has 4 aromatic rings. The number of methoxy groups -OCH3 is 1. The first-order valence-corrected chi connectivity index (χ1v) is 14.6. The highest BCUT2D eigenvalue weighted by atomic mass is 19.4. The Morgan fingerprint density at radius 2 is 1.89 bits per heavy atom. The number of halogens is 3. The van der Waals surface area contributed by atoms with Crippen molar-refractivity contribution >= 4 is 11.6 Å². The second kappa shape index (κ2) is 10.7. The van der Waals surface area contributed by atoms with E-state index in [2.05, 4.69) is 15.1 Å². The smallest absolute Gasteiger partial charge is 0.416 e. The highest BCUT2D eigenvalue weighted by Gasteiger charge is 2.43. The third kappa shape index (κ3) is 5.03. The minimum absolute atomic E-state index is 0.0196. The van der Waals surface area contributed by atoms with Crippen molar-refractivity contribution in [3.63, 3.8) is 0 Å². The van der Waals surface area contributed by atoms with Gasteiger partial charge < -0.3 is 18.9 Å². The third-order valence-corrected chi connectivity index (χ3v) is 9.15. The molecule has 0 spiro atoms. The molecule has 228 valence electrons. The molecule has 1 fully saturated rings. The number of carbonyl (C=O) groups excluding carboxylic acids is 1. The molecule has 0 aliphatic carbocycles. The summed E-state index contributed by atoms with van der Waals surface area (Å²) in [7, 11) is 3.49. The van der Waals surface area contributed by atoms with Crippen LogP contribution in [0, 0.1) is 0 Å². The molecule has 0 atom stereocenters. The molecule has 0 unspecified atom stereocenters. The summed E-state index contributed by atoms with van der Waals surface area (Å²) < 4.78 is 56.2. The van der Waals surface area contributed by atoms with Crippen LogP contribution in [0.5, 0.6) is 5.75 Å². The number of rotatable bonds is 7. The van der Waals surface area contributed by atoms with Gasteiger partial charge in [-0.3, -0.25) is 9.69 Å². The van der Waals surface area contributed by atoms with Crippen LogP contribution in [-0.4, -0.2) is 52.4 Å². The predicted octanol–water partition coefficient (Wildman–Crippen LogP) is 5.07. The molecule has 0 bridgehead atoms. The average Bonchev–Trinajstić information content (AvgIpc) is 3.55. The third-order valence-electron chi connectivity index (χ3n) is 9.15. The molecule has 8 nitrogen and oxygen atoms in total. The first-order valence-electron chi connectivity index (χ1n) is 14.6. The number of carbonyl (C=O) groups is 1. The zero-order valence-electron chi connectivity index (χ0n) is 24.5. The number of fused-ring (bicyclic) bond motifs is 2. The van der Waals surface area contributed by atoms with Crippen molar-refractivity contribution in [2.75, 3.05) is 31.8 Å². The van der Waals surface area contributed by atoms with Gasteiger partial charge >= 0.3 is 6.18 Å². The summed E-state index contributed by atoms with van der Waals surface area (Å²) in [4.78, 5) is 17.3. The van der Waals surface area contributed by atoms with Gasteiger partial charge in [-0.15, -0.1) is 10.2 Å². The summed E-state index contributed by atoms with van der Waals surface area (Å²) in [6.45, 7) is 2.43. The Labute approximate surface area is 253 Å². The topological polar surface area (TPSA) is 72.7 Å². The monoisotopic (exact) mass is 603 g/mol. The lowest BCUT2D eigenvalue weighted by Gasteiger charge is -2.42. The van der Waals surface area contributed by atoms with Crippen LogP contribution in [0.2, 0.25) is 0 Å². The van der Waals surface area contributed by atoms with E-state index in [-0.39, 0.29) is 23.1 Å². The van der Waals surface area contributed by atoms with Crippen molar-refractivity contribution in [1.29, 1.82) is 0 Å². The van der Waals surface area contributed by atoms with Crippen LogP contribution >= 0.6 is 0 Å². The summed E-state index contributed by atoms with van der Waals surface area (Å²) >= 11 is 0. The van der Waals surface area contributed by atoms with Crippen molar-refractivity contribution in [3.05, 3.63) is 106 Å². The Morgan fingerprint density at radius 1 is 1.05 bits per heavy atom.